The lowest BCUT2D eigenvalue weighted by Gasteiger charge is -2.32. The number of likely N-dealkylation sites (tertiary alicyclic amines) is 1. The Morgan fingerprint density at radius 2 is 2.05 bits per heavy atom. The molecule has 2 aromatic rings. The number of para-hydroxylation sites is 1. The largest absolute Gasteiger partial charge is 0.325 e. The minimum Gasteiger partial charge on any atom is -0.325 e. The van der Waals surface area contributed by atoms with Gasteiger partial charge in [-0.25, -0.2) is 4.79 Å². The Labute approximate surface area is 130 Å². The monoisotopic (exact) mass is 298 g/mol. The maximum absolute atomic E-state index is 12.3. The summed E-state index contributed by atoms with van der Waals surface area (Å²) in [5, 5.41) is 7.26. The van der Waals surface area contributed by atoms with E-state index >= 15 is 0 Å². The summed E-state index contributed by atoms with van der Waals surface area (Å²) < 4.78 is 1.98. The molecule has 0 aliphatic carbocycles. The number of aryl methyl sites for hydroxylation is 1. The third-order valence-electron chi connectivity index (χ3n) is 4.29. The summed E-state index contributed by atoms with van der Waals surface area (Å²) in [6.07, 6.45) is 5.87. The van der Waals surface area contributed by atoms with Crippen LogP contribution < -0.4 is 5.32 Å². The fourth-order valence-electron chi connectivity index (χ4n) is 2.90. The molecule has 3 rings (SSSR count). The highest BCUT2D eigenvalue weighted by molar-refractivity contribution is 5.90. The van der Waals surface area contributed by atoms with Crippen LogP contribution in [0.4, 0.5) is 10.5 Å². The summed E-state index contributed by atoms with van der Waals surface area (Å²) in [7, 11) is 0. The van der Waals surface area contributed by atoms with Crippen LogP contribution in [0.5, 0.6) is 0 Å². The average molecular weight is 298 g/mol. The van der Waals surface area contributed by atoms with Crippen LogP contribution in [0, 0.1) is 12.8 Å². The van der Waals surface area contributed by atoms with Gasteiger partial charge in [0, 0.05) is 37.7 Å². The van der Waals surface area contributed by atoms with Crippen molar-refractivity contribution in [2.75, 3.05) is 18.4 Å². The summed E-state index contributed by atoms with van der Waals surface area (Å²) in [5.74, 6) is 0.599. The number of benzene rings is 1. The van der Waals surface area contributed by atoms with E-state index in [9.17, 15) is 4.79 Å². The fraction of sp³-hybridized carbons (Fsp3) is 0.412. The molecule has 1 aromatic carbocycles. The first-order valence-corrected chi connectivity index (χ1v) is 7.81. The Morgan fingerprint density at radius 3 is 2.73 bits per heavy atom. The van der Waals surface area contributed by atoms with Gasteiger partial charge in [0.2, 0.25) is 0 Å². The molecule has 5 heteroatoms. The van der Waals surface area contributed by atoms with Crippen molar-refractivity contribution in [2.45, 2.75) is 26.3 Å². The lowest BCUT2D eigenvalue weighted by Crippen LogP contribution is -2.41. The number of nitrogens with zero attached hydrogens (tertiary/aromatic N) is 3. The number of piperidine rings is 1. The molecular weight excluding hydrogens is 276 g/mol. The van der Waals surface area contributed by atoms with Crippen LogP contribution in [0.3, 0.4) is 0 Å². The second-order valence-corrected chi connectivity index (χ2v) is 5.90. The number of carbonyl (C=O) groups is 1. The molecule has 1 fully saturated rings. The number of carbonyl (C=O) groups excluding carboxylic acids is 1. The van der Waals surface area contributed by atoms with Crippen LogP contribution in [0.1, 0.15) is 18.4 Å². The van der Waals surface area contributed by atoms with Crippen molar-refractivity contribution in [3.63, 3.8) is 0 Å². The number of nitrogens with one attached hydrogen (secondary N) is 1. The number of rotatable bonds is 3. The molecule has 22 heavy (non-hydrogen) atoms. The summed E-state index contributed by atoms with van der Waals surface area (Å²) in [6, 6.07) is 9.82. The van der Waals surface area contributed by atoms with E-state index in [2.05, 4.69) is 10.4 Å². The van der Waals surface area contributed by atoms with Crippen LogP contribution >= 0.6 is 0 Å². The van der Waals surface area contributed by atoms with E-state index in [1.807, 2.05) is 59.2 Å². The normalized spacial score (nSPS) is 15.8. The van der Waals surface area contributed by atoms with E-state index in [0.717, 1.165) is 43.7 Å². The molecule has 0 saturated carbocycles. The Kier molecular flexibility index (Phi) is 4.42. The molecule has 1 aliphatic rings. The molecule has 0 unspecified atom stereocenters. The highest BCUT2D eigenvalue weighted by atomic mass is 16.2. The molecule has 0 bridgehead atoms. The Hall–Kier alpha value is -2.30. The van der Waals surface area contributed by atoms with Crippen molar-refractivity contribution in [3.8, 4) is 0 Å². The zero-order valence-corrected chi connectivity index (χ0v) is 12.9. The molecule has 0 radical (unpaired) electrons. The maximum Gasteiger partial charge on any atom is 0.321 e. The number of urea groups is 1. The molecule has 0 atom stereocenters. The minimum absolute atomic E-state index is 0.00633. The number of anilines is 1. The van der Waals surface area contributed by atoms with Gasteiger partial charge in [0.15, 0.2) is 0 Å². The number of hydrogen-bond acceptors (Lipinski definition) is 2. The van der Waals surface area contributed by atoms with Gasteiger partial charge < -0.3 is 10.2 Å². The van der Waals surface area contributed by atoms with Crippen LogP contribution in [-0.2, 0) is 6.54 Å². The lowest BCUT2D eigenvalue weighted by molar-refractivity contribution is 0.175. The average Bonchev–Trinajstić information content (AvgIpc) is 3.03. The van der Waals surface area contributed by atoms with Crippen molar-refractivity contribution in [1.29, 1.82) is 0 Å². The van der Waals surface area contributed by atoms with Crippen molar-refractivity contribution < 1.29 is 4.79 Å². The molecule has 1 N–H and O–H groups in total. The van der Waals surface area contributed by atoms with Gasteiger partial charge in [-0.1, -0.05) is 18.2 Å². The van der Waals surface area contributed by atoms with Gasteiger partial charge >= 0.3 is 6.03 Å². The van der Waals surface area contributed by atoms with Crippen molar-refractivity contribution in [1.82, 2.24) is 14.7 Å². The van der Waals surface area contributed by atoms with Gasteiger partial charge in [-0.3, -0.25) is 4.68 Å². The van der Waals surface area contributed by atoms with Crippen LogP contribution in [-0.4, -0.2) is 33.8 Å². The predicted molar refractivity (Wildman–Crippen MR) is 86.7 cm³/mol. The first kappa shape index (κ1) is 14.6. The smallest absolute Gasteiger partial charge is 0.321 e. The molecule has 2 heterocycles. The van der Waals surface area contributed by atoms with Crippen molar-refractivity contribution in [2.24, 2.45) is 5.92 Å². The molecular formula is C17H22N4O. The molecule has 0 spiro atoms. The highest BCUT2D eigenvalue weighted by Crippen LogP contribution is 2.20. The number of amides is 2. The van der Waals surface area contributed by atoms with Gasteiger partial charge in [-0.15, -0.1) is 0 Å². The van der Waals surface area contributed by atoms with Crippen LogP contribution in [0.15, 0.2) is 42.7 Å². The van der Waals surface area contributed by atoms with E-state index in [1.165, 1.54) is 0 Å². The van der Waals surface area contributed by atoms with E-state index in [4.69, 9.17) is 0 Å². The van der Waals surface area contributed by atoms with Gasteiger partial charge in [-0.2, -0.15) is 5.10 Å². The first-order chi connectivity index (χ1) is 10.7. The van der Waals surface area contributed by atoms with E-state index in [-0.39, 0.29) is 6.03 Å². The second-order valence-electron chi connectivity index (χ2n) is 5.90. The molecule has 5 nitrogen and oxygen atoms in total. The van der Waals surface area contributed by atoms with E-state index in [0.29, 0.717) is 5.92 Å². The standard InChI is InChI=1S/C17H22N4O/c1-14-5-2-3-6-16(14)19-17(22)20-11-7-15(8-12-20)13-21-10-4-9-18-21/h2-6,9-10,15H,7-8,11-13H2,1H3,(H,19,22). The van der Waals surface area contributed by atoms with E-state index < -0.39 is 0 Å². The van der Waals surface area contributed by atoms with Gasteiger partial charge in [0.1, 0.15) is 0 Å². The second kappa shape index (κ2) is 6.64. The maximum atomic E-state index is 12.3. The first-order valence-electron chi connectivity index (χ1n) is 7.81. The molecule has 2 amide bonds. The Balaban J connectivity index is 1.50. The van der Waals surface area contributed by atoms with Crippen LogP contribution in [0.25, 0.3) is 0 Å². The topological polar surface area (TPSA) is 50.2 Å². The number of aromatic nitrogens is 2. The van der Waals surface area contributed by atoms with Gasteiger partial charge in [0.05, 0.1) is 0 Å². The minimum atomic E-state index is 0.00633. The summed E-state index contributed by atoms with van der Waals surface area (Å²) in [4.78, 5) is 14.2. The summed E-state index contributed by atoms with van der Waals surface area (Å²) in [5.41, 5.74) is 1.98. The third kappa shape index (κ3) is 3.47. The Bertz CT molecular complexity index is 615. The number of hydrogen-bond donors (Lipinski definition) is 1. The molecule has 1 aliphatic heterocycles. The SMILES string of the molecule is Cc1ccccc1NC(=O)N1CCC(Cn2cccn2)CC1. The fourth-order valence-corrected chi connectivity index (χ4v) is 2.90. The highest BCUT2D eigenvalue weighted by Gasteiger charge is 2.23. The molecule has 1 aromatic heterocycles. The molecule has 1 saturated heterocycles. The third-order valence-corrected chi connectivity index (χ3v) is 4.29. The summed E-state index contributed by atoms with van der Waals surface area (Å²) in [6.45, 7) is 4.57. The lowest BCUT2D eigenvalue weighted by atomic mass is 9.97. The molecule has 116 valence electrons. The van der Waals surface area contributed by atoms with Crippen molar-refractivity contribution in [3.05, 3.63) is 48.3 Å². The van der Waals surface area contributed by atoms with Gasteiger partial charge in [-0.05, 0) is 43.4 Å². The van der Waals surface area contributed by atoms with E-state index in [1.54, 1.807) is 0 Å². The quantitative estimate of drug-likeness (QED) is 0.946. The zero-order valence-electron chi connectivity index (χ0n) is 12.9. The van der Waals surface area contributed by atoms with Crippen molar-refractivity contribution >= 4 is 11.7 Å². The van der Waals surface area contributed by atoms with Crippen LogP contribution in [0.2, 0.25) is 0 Å². The predicted octanol–water partition coefficient (Wildman–Crippen LogP) is 3.14. The zero-order chi connectivity index (χ0) is 15.4. The Morgan fingerprint density at radius 1 is 1.27 bits per heavy atom. The summed E-state index contributed by atoms with van der Waals surface area (Å²) >= 11 is 0. The van der Waals surface area contributed by atoms with Gasteiger partial charge in [0.25, 0.3) is 0 Å².